The molecule has 0 unspecified atom stereocenters. The number of amides is 2. The number of hydrogen-bond donors (Lipinski definition) is 3. The molecule has 2 amide bonds. The number of carbonyl (C=O) groups is 2. The van der Waals surface area contributed by atoms with E-state index >= 15 is 0 Å². The highest BCUT2D eigenvalue weighted by Gasteiger charge is 2.24. The van der Waals surface area contributed by atoms with Gasteiger partial charge >= 0.3 is 0 Å². The lowest BCUT2D eigenvalue weighted by atomic mass is 10.1. The van der Waals surface area contributed by atoms with Crippen molar-refractivity contribution in [2.45, 2.75) is 30.7 Å². The third-order valence-electron chi connectivity index (χ3n) is 4.81. The zero-order valence-electron chi connectivity index (χ0n) is 17.8. The molecule has 9 nitrogen and oxygen atoms in total. The van der Waals surface area contributed by atoms with Crippen molar-refractivity contribution in [1.29, 1.82) is 0 Å². The number of benzene rings is 2. The van der Waals surface area contributed by atoms with E-state index in [0.29, 0.717) is 11.3 Å². The number of sulfonamides is 1. The lowest BCUT2D eigenvalue weighted by Crippen LogP contribution is -2.37. The maximum Gasteiger partial charge on any atom is 0.262 e. The third kappa shape index (κ3) is 5.63. The molecule has 0 bridgehead atoms. The smallest absolute Gasteiger partial charge is 0.262 e. The van der Waals surface area contributed by atoms with E-state index in [0.717, 1.165) is 12.8 Å². The SMILES string of the molecule is COc1cc(OC)c(NS(=O)(=O)c2cc(C(=O)NCC(=O)NC3CC3)ccc2C)cc1Cl. The van der Waals surface area contributed by atoms with Crippen molar-refractivity contribution in [3.8, 4) is 11.5 Å². The molecular weight excluding hydrogens is 458 g/mol. The van der Waals surface area contributed by atoms with E-state index in [1.165, 1.54) is 44.6 Å². The third-order valence-corrected chi connectivity index (χ3v) is 6.61. The van der Waals surface area contributed by atoms with Crippen LogP contribution < -0.4 is 24.8 Å². The first-order chi connectivity index (χ1) is 15.1. The van der Waals surface area contributed by atoms with Gasteiger partial charge in [-0.3, -0.25) is 14.3 Å². The van der Waals surface area contributed by atoms with Crippen LogP contribution in [0.2, 0.25) is 5.02 Å². The van der Waals surface area contributed by atoms with Gasteiger partial charge in [0.25, 0.3) is 15.9 Å². The van der Waals surface area contributed by atoms with Crippen LogP contribution in [0.1, 0.15) is 28.8 Å². The Balaban J connectivity index is 1.81. The molecule has 1 saturated carbocycles. The number of ether oxygens (including phenoxy) is 2. The molecular formula is C21H24ClN3O6S. The minimum Gasteiger partial charge on any atom is -0.495 e. The monoisotopic (exact) mass is 481 g/mol. The fourth-order valence-corrected chi connectivity index (χ4v) is 4.51. The molecule has 1 aliphatic carbocycles. The molecule has 0 saturated heterocycles. The second-order valence-electron chi connectivity index (χ2n) is 7.30. The number of methoxy groups -OCH3 is 2. The van der Waals surface area contributed by atoms with Crippen LogP contribution >= 0.6 is 11.6 Å². The highest BCUT2D eigenvalue weighted by molar-refractivity contribution is 7.92. The molecule has 0 atom stereocenters. The number of hydrogen-bond acceptors (Lipinski definition) is 6. The Morgan fingerprint density at radius 1 is 1.09 bits per heavy atom. The molecule has 0 aromatic heterocycles. The highest BCUT2D eigenvalue weighted by Crippen LogP contribution is 2.37. The van der Waals surface area contributed by atoms with Gasteiger partial charge in [-0.25, -0.2) is 8.42 Å². The predicted octanol–water partition coefficient (Wildman–Crippen LogP) is 2.47. The molecule has 32 heavy (non-hydrogen) atoms. The Kier molecular flexibility index (Phi) is 7.15. The Morgan fingerprint density at radius 3 is 2.41 bits per heavy atom. The quantitative estimate of drug-likeness (QED) is 0.505. The summed E-state index contributed by atoms with van der Waals surface area (Å²) in [6.07, 6.45) is 1.88. The molecule has 1 fully saturated rings. The van der Waals surface area contributed by atoms with Crippen LogP contribution in [0.5, 0.6) is 11.5 Å². The number of rotatable bonds is 9. The van der Waals surface area contributed by atoms with E-state index in [9.17, 15) is 18.0 Å². The van der Waals surface area contributed by atoms with Gasteiger partial charge in [-0.1, -0.05) is 17.7 Å². The van der Waals surface area contributed by atoms with Gasteiger partial charge in [-0.15, -0.1) is 0 Å². The Hall–Kier alpha value is -2.98. The van der Waals surface area contributed by atoms with Gasteiger partial charge in [0.1, 0.15) is 11.5 Å². The number of anilines is 1. The number of carbonyl (C=O) groups excluding carboxylic acids is 2. The molecule has 0 radical (unpaired) electrons. The largest absolute Gasteiger partial charge is 0.495 e. The van der Waals surface area contributed by atoms with Crippen LogP contribution in [-0.2, 0) is 14.8 Å². The van der Waals surface area contributed by atoms with Crippen molar-refractivity contribution < 1.29 is 27.5 Å². The van der Waals surface area contributed by atoms with E-state index in [-0.39, 0.29) is 45.4 Å². The molecule has 11 heteroatoms. The van der Waals surface area contributed by atoms with Crippen molar-refractivity contribution in [1.82, 2.24) is 10.6 Å². The van der Waals surface area contributed by atoms with E-state index < -0.39 is 15.9 Å². The molecule has 0 heterocycles. The van der Waals surface area contributed by atoms with Crippen molar-refractivity contribution in [3.63, 3.8) is 0 Å². The predicted molar refractivity (Wildman–Crippen MR) is 120 cm³/mol. The van der Waals surface area contributed by atoms with Gasteiger partial charge in [-0.2, -0.15) is 0 Å². The summed E-state index contributed by atoms with van der Waals surface area (Å²) in [5, 5.41) is 5.46. The Morgan fingerprint density at radius 2 is 1.78 bits per heavy atom. The van der Waals surface area contributed by atoms with Crippen LogP contribution in [0.4, 0.5) is 5.69 Å². The summed E-state index contributed by atoms with van der Waals surface area (Å²) in [5.74, 6) is -0.307. The van der Waals surface area contributed by atoms with Gasteiger partial charge in [-0.05, 0) is 43.5 Å². The molecule has 3 N–H and O–H groups in total. The molecule has 0 spiro atoms. The average Bonchev–Trinajstić information content (AvgIpc) is 3.56. The minimum absolute atomic E-state index is 0.0958. The van der Waals surface area contributed by atoms with Gasteiger partial charge < -0.3 is 20.1 Å². The first-order valence-corrected chi connectivity index (χ1v) is 11.6. The normalized spacial score (nSPS) is 13.2. The van der Waals surface area contributed by atoms with Crippen LogP contribution in [0, 0.1) is 6.92 Å². The summed E-state index contributed by atoms with van der Waals surface area (Å²) < 4.78 is 39.0. The first kappa shape index (κ1) is 23.7. The van der Waals surface area contributed by atoms with Crippen LogP contribution in [-0.4, -0.2) is 47.0 Å². The molecule has 3 rings (SSSR count). The van der Waals surface area contributed by atoms with Crippen LogP contribution in [0.3, 0.4) is 0 Å². The van der Waals surface area contributed by atoms with Crippen molar-refractivity contribution in [2.75, 3.05) is 25.5 Å². The fourth-order valence-electron chi connectivity index (χ4n) is 2.94. The van der Waals surface area contributed by atoms with Crippen LogP contribution in [0.25, 0.3) is 0 Å². The highest BCUT2D eigenvalue weighted by atomic mass is 35.5. The summed E-state index contributed by atoms with van der Waals surface area (Å²) >= 11 is 6.13. The van der Waals surface area contributed by atoms with Crippen molar-refractivity contribution in [2.24, 2.45) is 0 Å². The first-order valence-electron chi connectivity index (χ1n) is 9.77. The molecule has 2 aromatic rings. The van der Waals surface area contributed by atoms with Gasteiger partial charge in [0.2, 0.25) is 5.91 Å². The van der Waals surface area contributed by atoms with Gasteiger partial charge in [0.15, 0.2) is 0 Å². The van der Waals surface area contributed by atoms with E-state index in [2.05, 4.69) is 15.4 Å². The lowest BCUT2D eigenvalue weighted by Gasteiger charge is -2.16. The van der Waals surface area contributed by atoms with Crippen LogP contribution in [0.15, 0.2) is 35.2 Å². The number of halogens is 1. The molecule has 2 aromatic carbocycles. The zero-order chi connectivity index (χ0) is 23.5. The van der Waals surface area contributed by atoms with E-state index in [4.69, 9.17) is 21.1 Å². The van der Waals surface area contributed by atoms with E-state index in [1.54, 1.807) is 6.92 Å². The fraction of sp³-hybridized carbons (Fsp3) is 0.333. The minimum atomic E-state index is -4.10. The van der Waals surface area contributed by atoms with E-state index in [1.807, 2.05) is 0 Å². The topological polar surface area (TPSA) is 123 Å². The number of nitrogens with one attached hydrogen (secondary N) is 3. The Labute approximate surface area is 191 Å². The number of aryl methyl sites for hydroxylation is 1. The summed E-state index contributed by atoms with van der Waals surface area (Å²) in [4.78, 5) is 24.1. The van der Waals surface area contributed by atoms with Gasteiger partial charge in [0.05, 0.1) is 36.4 Å². The van der Waals surface area contributed by atoms with Gasteiger partial charge in [0, 0.05) is 17.7 Å². The maximum absolute atomic E-state index is 13.1. The molecule has 172 valence electrons. The summed E-state index contributed by atoms with van der Waals surface area (Å²) in [5.41, 5.74) is 0.651. The second kappa shape index (κ2) is 9.66. The maximum atomic E-state index is 13.1. The summed E-state index contributed by atoms with van der Waals surface area (Å²) in [6, 6.07) is 7.29. The summed E-state index contributed by atoms with van der Waals surface area (Å²) in [6.45, 7) is 1.42. The standard InChI is InChI=1S/C21H24ClN3O6S/c1-12-4-5-13(21(27)23-11-20(26)24-14-6-7-14)8-19(12)32(28,29)25-16-9-15(22)17(30-2)10-18(16)31-3/h4-5,8-10,14,25H,6-7,11H2,1-3H3,(H,23,27)(H,24,26). The lowest BCUT2D eigenvalue weighted by molar-refractivity contribution is -0.120. The van der Waals surface area contributed by atoms with Crippen molar-refractivity contribution in [3.05, 3.63) is 46.5 Å². The summed E-state index contributed by atoms with van der Waals surface area (Å²) in [7, 11) is -1.28. The second-order valence-corrected chi connectivity index (χ2v) is 9.36. The zero-order valence-corrected chi connectivity index (χ0v) is 19.4. The van der Waals surface area contributed by atoms with Crippen molar-refractivity contribution >= 4 is 39.1 Å². The Bertz CT molecular complexity index is 1150. The molecule has 1 aliphatic rings. The average molecular weight is 482 g/mol. The molecule has 0 aliphatic heterocycles.